The number of benzene rings is 1. The summed E-state index contributed by atoms with van der Waals surface area (Å²) in [7, 11) is 0. The molecule has 0 spiro atoms. The SMILES string of the molecule is CC1CN(C(=O)c2c(F)cc(Br)cc2F)CC(CO)O1. The fourth-order valence-electron chi connectivity index (χ4n) is 2.22. The summed E-state index contributed by atoms with van der Waals surface area (Å²) in [6.07, 6.45) is -0.837. The van der Waals surface area contributed by atoms with Gasteiger partial charge in [-0.2, -0.15) is 0 Å². The number of rotatable bonds is 2. The Hall–Kier alpha value is -1.05. The lowest BCUT2D eigenvalue weighted by Gasteiger charge is -2.36. The van der Waals surface area contributed by atoms with Gasteiger partial charge in [-0.05, 0) is 19.1 Å². The van der Waals surface area contributed by atoms with Crippen LogP contribution < -0.4 is 0 Å². The largest absolute Gasteiger partial charge is 0.394 e. The topological polar surface area (TPSA) is 49.8 Å². The van der Waals surface area contributed by atoms with Gasteiger partial charge in [-0.3, -0.25) is 4.79 Å². The number of halogens is 3. The zero-order valence-corrected chi connectivity index (χ0v) is 12.4. The van der Waals surface area contributed by atoms with Gasteiger partial charge in [-0.15, -0.1) is 0 Å². The minimum atomic E-state index is -0.915. The lowest BCUT2D eigenvalue weighted by molar-refractivity contribution is -0.0860. The second-order valence-electron chi connectivity index (χ2n) is 4.71. The minimum Gasteiger partial charge on any atom is -0.394 e. The molecule has 1 aromatic carbocycles. The lowest BCUT2D eigenvalue weighted by Crippen LogP contribution is -2.50. The van der Waals surface area contributed by atoms with Crippen molar-refractivity contribution < 1.29 is 23.4 Å². The molecule has 0 aliphatic carbocycles. The first-order valence-corrected chi connectivity index (χ1v) is 6.91. The molecule has 110 valence electrons. The molecule has 20 heavy (non-hydrogen) atoms. The minimum absolute atomic E-state index is 0.106. The Bertz CT molecular complexity index is 503. The van der Waals surface area contributed by atoms with E-state index in [1.165, 1.54) is 4.90 Å². The number of aliphatic hydroxyl groups excluding tert-OH is 1. The zero-order chi connectivity index (χ0) is 14.9. The quantitative estimate of drug-likeness (QED) is 0.887. The molecule has 1 aliphatic rings. The third-order valence-electron chi connectivity index (χ3n) is 3.04. The van der Waals surface area contributed by atoms with E-state index in [0.717, 1.165) is 12.1 Å². The summed E-state index contributed by atoms with van der Waals surface area (Å²) in [5.74, 6) is -2.57. The van der Waals surface area contributed by atoms with Crippen LogP contribution in [0.5, 0.6) is 0 Å². The number of amides is 1. The van der Waals surface area contributed by atoms with Crippen molar-refractivity contribution in [3.05, 3.63) is 33.8 Å². The molecule has 0 radical (unpaired) electrons. The van der Waals surface area contributed by atoms with Gasteiger partial charge in [0.1, 0.15) is 17.2 Å². The van der Waals surface area contributed by atoms with Gasteiger partial charge in [0.15, 0.2) is 0 Å². The smallest absolute Gasteiger partial charge is 0.260 e. The Morgan fingerprint density at radius 2 is 2.05 bits per heavy atom. The van der Waals surface area contributed by atoms with Crippen LogP contribution in [-0.4, -0.2) is 47.8 Å². The molecular weight excluding hydrogens is 336 g/mol. The molecule has 2 atom stereocenters. The molecule has 1 amide bonds. The highest BCUT2D eigenvalue weighted by Crippen LogP contribution is 2.22. The van der Waals surface area contributed by atoms with E-state index in [9.17, 15) is 13.6 Å². The van der Waals surface area contributed by atoms with Crippen LogP contribution in [0.1, 0.15) is 17.3 Å². The number of ether oxygens (including phenoxy) is 1. The molecule has 1 aromatic rings. The average Bonchev–Trinajstić information content (AvgIpc) is 2.36. The number of aliphatic hydroxyl groups is 1. The summed E-state index contributed by atoms with van der Waals surface area (Å²) in [6, 6.07) is 2.09. The van der Waals surface area contributed by atoms with Crippen molar-refractivity contribution in [3.63, 3.8) is 0 Å². The van der Waals surface area contributed by atoms with E-state index in [1.807, 2.05) is 0 Å². The molecule has 0 saturated carbocycles. The number of hydrogen-bond donors (Lipinski definition) is 1. The van der Waals surface area contributed by atoms with Crippen molar-refractivity contribution >= 4 is 21.8 Å². The Morgan fingerprint density at radius 1 is 1.45 bits per heavy atom. The summed E-state index contributed by atoms with van der Waals surface area (Å²) < 4.78 is 33.2. The highest BCUT2D eigenvalue weighted by molar-refractivity contribution is 9.10. The van der Waals surface area contributed by atoms with E-state index in [2.05, 4.69) is 15.9 Å². The van der Waals surface area contributed by atoms with Crippen molar-refractivity contribution in [1.82, 2.24) is 4.90 Å². The summed E-state index contributed by atoms with van der Waals surface area (Å²) in [5, 5.41) is 9.11. The van der Waals surface area contributed by atoms with Gasteiger partial charge in [0, 0.05) is 17.6 Å². The number of hydrogen-bond acceptors (Lipinski definition) is 3. The van der Waals surface area contributed by atoms with Crippen LogP contribution in [-0.2, 0) is 4.74 Å². The van der Waals surface area contributed by atoms with E-state index in [4.69, 9.17) is 9.84 Å². The third kappa shape index (κ3) is 3.16. The summed E-state index contributed by atoms with van der Waals surface area (Å²) in [5.41, 5.74) is -0.584. The van der Waals surface area contributed by atoms with Gasteiger partial charge < -0.3 is 14.7 Å². The predicted molar refractivity (Wildman–Crippen MR) is 71.4 cm³/mol. The van der Waals surface area contributed by atoms with E-state index >= 15 is 0 Å². The van der Waals surface area contributed by atoms with Crippen LogP contribution in [0.3, 0.4) is 0 Å². The molecule has 1 saturated heterocycles. The number of morpholine rings is 1. The monoisotopic (exact) mass is 349 g/mol. The van der Waals surface area contributed by atoms with Crippen molar-refractivity contribution in [2.75, 3.05) is 19.7 Å². The standard InChI is InChI=1S/C13H14BrF2NO3/c1-7-4-17(5-9(6-18)20-7)13(19)12-10(15)2-8(14)3-11(12)16/h2-3,7,9,18H,4-6H2,1H3. The third-order valence-corrected chi connectivity index (χ3v) is 3.50. The van der Waals surface area contributed by atoms with Gasteiger partial charge in [0.2, 0.25) is 0 Å². The second kappa shape index (κ2) is 6.15. The van der Waals surface area contributed by atoms with Crippen LogP contribution in [0.15, 0.2) is 16.6 Å². The maximum absolute atomic E-state index is 13.8. The zero-order valence-electron chi connectivity index (χ0n) is 10.8. The van der Waals surface area contributed by atoms with E-state index < -0.39 is 29.2 Å². The highest BCUT2D eigenvalue weighted by Gasteiger charge is 2.31. The lowest BCUT2D eigenvalue weighted by atomic mass is 10.1. The van der Waals surface area contributed by atoms with E-state index in [1.54, 1.807) is 6.92 Å². The normalized spacial score (nSPS) is 22.9. The van der Waals surface area contributed by atoms with Gasteiger partial charge in [-0.25, -0.2) is 8.78 Å². The molecule has 1 aliphatic heterocycles. The molecule has 1 N–H and O–H groups in total. The van der Waals surface area contributed by atoms with Crippen molar-refractivity contribution in [2.45, 2.75) is 19.1 Å². The van der Waals surface area contributed by atoms with Crippen LogP contribution in [0.25, 0.3) is 0 Å². The molecule has 2 rings (SSSR count). The molecule has 2 unspecified atom stereocenters. The van der Waals surface area contributed by atoms with Crippen LogP contribution in [0.2, 0.25) is 0 Å². The fourth-order valence-corrected chi connectivity index (χ4v) is 2.62. The number of nitrogens with zero attached hydrogens (tertiary/aromatic N) is 1. The summed E-state index contributed by atoms with van der Waals surface area (Å²) in [6.45, 7) is 1.81. The highest BCUT2D eigenvalue weighted by atomic mass is 79.9. The van der Waals surface area contributed by atoms with Crippen molar-refractivity contribution in [1.29, 1.82) is 0 Å². The van der Waals surface area contributed by atoms with Crippen LogP contribution >= 0.6 is 15.9 Å². The number of carbonyl (C=O) groups is 1. The fraction of sp³-hybridized carbons (Fsp3) is 0.462. The van der Waals surface area contributed by atoms with Crippen LogP contribution in [0.4, 0.5) is 8.78 Å². The number of carbonyl (C=O) groups excluding carboxylic acids is 1. The van der Waals surface area contributed by atoms with E-state index in [0.29, 0.717) is 0 Å². The Labute approximate surface area is 123 Å². The molecule has 0 bridgehead atoms. The second-order valence-corrected chi connectivity index (χ2v) is 5.62. The Morgan fingerprint density at radius 3 is 2.60 bits per heavy atom. The molecule has 0 aromatic heterocycles. The first kappa shape index (κ1) is 15.3. The maximum Gasteiger partial charge on any atom is 0.260 e. The van der Waals surface area contributed by atoms with Crippen LogP contribution in [0, 0.1) is 11.6 Å². The summed E-state index contributed by atoms with van der Waals surface area (Å²) >= 11 is 2.96. The first-order chi connectivity index (χ1) is 9.42. The Kier molecular flexibility index (Phi) is 4.72. The summed E-state index contributed by atoms with van der Waals surface area (Å²) in [4.78, 5) is 13.5. The first-order valence-electron chi connectivity index (χ1n) is 6.12. The molecule has 7 heteroatoms. The van der Waals surface area contributed by atoms with Gasteiger partial charge >= 0.3 is 0 Å². The van der Waals surface area contributed by atoms with Gasteiger partial charge in [0.05, 0.1) is 18.8 Å². The Balaban J connectivity index is 2.27. The maximum atomic E-state index is 13.8. The molecule has 4 nitrogen and oxygen atoms in total. The van der Waals surface area contributed by atoms with Gasteiger partial charge in [0.25, 0.3) is 5.91 Å². The predicted octanol–water partition coefficient (Wildman–Crippen LogP) is 1.95. The van der Waals surface area contributed by atoms with Crippen molar-refractivity contribution in [2.24, 2.45) is 0 Å². The van der Waals surface area contributed by atoms with E-state index in [-0.39, 0.29) is 30.3 Å². The van der Waals surface area contributed by atoms with Gasteiger partial charge in [-0.1, -0.05) is 15.9 Å². The molecule has 1 heterocycles. The average molecular weight is 350 g/mol. The molecule has 1 fully saturated rings. The van der Waals surface area contributed by atoms with Crippen molar-refractivity contribution in [3.8, 4) is 0 Å². The molecular formula is C13H14BrF2NO3.